The number of halogens is 3. The van der Waals surface area contributed by atoms with Gasteiger partial charge in [-0.25, -0.2) is 0 Å². The molecular weight excluding hydrogens is 333 g/mol. The van der Waals surface area contributed by atoms with Gasteiger partial charge in [0.15, 0.2) is 0 Å². The van der Waals surface area contributed by atoms with Crippen molar-refractivity contribution in [3.8, 4) is 0 Å². The fourth-order valence-corrected chi connectivity index (χ4v) is 2.32. The van der Waals surface area contributed by atoms with Crippen molar-refractivity contribution in [2.75, 3.05) is 5.32 Å². The third-order valence-electron chi connectivity index (χ3n) is 2.76. The number of nitrogens with one attached hydrogen (secondary N) is 2. The van der Waals surface area contributed by atoms with Gasteiger partial charge in [-0.3, -0.25) is 14.9 Å². The van der Waals surface area contributed by atoms with Crippen LogP contribution in [0.2, 0.25) is 0 Å². The quantitative estimate of drug-likeness (QED) is 0.824. The molecule has 6 nitrogen and oxygen atoms in total. The van der Waals surface area contributed by atoms with Gasteiger partial charge in [-0.1, -0.05) is 39.0 Å². The molecule has 2 amide bonds. The van der Waals surface area contributed by atoms with Crippen LogP contribution in [0.25, 0.3) is 0 Å². The van der Waals surface area contributed by atoms with Crippen LogP contribution in [0.3, 0.4) is 0 Å². The summed E-state index contributed by atoms with van der Waals surface area (Å²) in [5.41, 5.74) is 0. The smallest absolute Gasteiger partial charge is 0.344 e. The highest BCUT2D eigenvalue weighted by Gasteiger charge is 2.36. The molecule has 23 heavy (non-hydrogen) atoms. The molecule has 1 atom stereocenters. The summed E-state index contributed by atoms with van der Waals surface area (Å²) in [5.74, 6) is -1.02. The van der Waals surface area contributed by atoms with Crippen molar-refractivity contribution in [2.24, 2.45) is 11.8 Å². The van der Waals surface area contributed by atoms with E-state index in [0.717, 1.165) is 0 Å². The first-order valence-electron chi connectivity index (χ1n) is 7.01. The molecule has 130 valence electrons. The molecule has 0 saturated heterocycles. The molecule has 0 spiro atoms. The molecule has 1 aromatic heterocycles. The van der Waals surface area contributed by atoms with E-state index in [1.54, 1.807) is 13.8 Å². The third-order valence-corrected chi connectivity index (χ3v) is 3.64. The van der Waals surface area contributed by atoms with E-state index < -0.39 is 23.1 Å². The van der Waals surface area contributed by atoms with Gasteiger partial charge in [-0.2, -0.15) is 13.2 Å². The summed E-state index contributed by atoms with van der Waals surface area (Å²) < 4.78 is 37.4. The van der Waals surface area contributed by atoms with Gasteiger partial charge in [0, 0.05) is 6.42 Å². The Labute approximate surface area is 135 Å². The molecule has 0 aliphatic carbocycles. The van der Waals surface area contributed by atoms with E-state index >= 15 is 0 Å². The van der Waals surface area contributed by atoms with Crippen LogP contribution < -0.4 is 10.6 Å². The number of hydrogen-bond donors (Lipinski definition) is 2. The maximum absolute atomic E-state index is 12.5. The molecule has 0 bridgehead atoms. The van der Waals surface area contributed by atoms with Crippen LogP contribution >= 0.6 is 11.3 Å². The zero-order valence-corrected chi connectivity index (χ0v) is 14.0. The van der Waals surface area contributed by atoms with E-state index in [1.165, 1.54) is 0 Å². The van der Waals surface area contributed by atoms with Crippen molar-refractivity contribution >= 4 is 28.3 Å². The molecule has 0 aromatic carbocycles. The number of alkyl halides is 3. The summed E-state index contributed by atoms with van der Waals surface area (Å²) in [6.45, 7) is 7.18. The first kappa shape index (κ1) is 19.3. The minimum Gasteiger partial charge on any atom is -0.344 e. The van der Waals surface area contributed by atoms with Gasteiger partial charge in [0.25, 0.3) is 0 Å². The number of hydrogen-bond acceptors (Lipinski definition) is 5. The molecular formula is C13H19F3N4O2S. The minimum absolute atomic E-state index is 0.128. The highest BCUT2D eigenvalue weighted by molar-refractivity contribution is 7.15. The van der Waals surface area contributed by atoms with Gasteiger partial charge in [-0.05, 0) is 11.8 Å². The number of nitrogens with zero attached hydrogens (tertiary/aromatic N) is 2. The number of carbonyl (C=O) groups is 2. The van der Waals surface area contributed by atoms with Gasteiger partial charge in [0.2, 0.25) is 22.0 Å². The van der Waals surface area contributed by atoms with Crippen LogP contribution in [-0.2, 0) is 15.8 Å². The second kappa shape index (κ2) is 7.71. The van der Waals surface area contributed by atoms with Crippen molar-refractivity contribution in [3.63, 3.8) is 0 Å². The Morgan fingerprint density at radius 2 is 1.78 bits per heavy atom. The maximum Gasteiger partial charge on any atom is 0.445 e. The lowest BCUT2D eigenvalue weighted by Crippen LogP contribution is -2.47. The SMILES string of the molecule is CC(C)CC(=O)NC(C(=O)Nc1nnc(C(F)(F)F)s1)C(C)C. The average molecular weight is 352 g/mol. The lowest BCUT2D eigenvalue weighted by atomic mass is 10.0. The fourth-order valence-electron chi connectivity index (χ4n) is 1.71. The Morgan fingerprint density at radius 3 is 2.22 bits per heavy atom. The molecule has 1 heterocycles. The zero-order chi connectivity index (χ0) is 17.8. The van der Waals surface area contributed by atoms with Crippen molar-refractivity contribution < 1.29 is 22.8 Å². The molecule has 1 unspecified atom stereocenters. The van der Waals surface area contributed by atoms with E-state index in [-0.39, 0.29) is 40.6 Å². The van der Waals surface area contributed by atoms with Gasteiger partial charge in [-0.15, -0.1) is 10.2 Å². The highest BCUT2D eigenvalue weighted by atomic mass is 32.1. The topological polar surface area (TPSA) is 84.0 Å². The molecule has 0 saturated carbocycles. The number of rotatable bonds is 6. The van der Waals surface area contributed by atoms with E-state index in [9.17, 15) is 22.8 Å². The molecule has 1 rings (SSSR count). The molecule has 0 fully saturated rings. The van der Waals surface area contributed by atoms with E-state index in [4.69, 9.17) is 0 Å². The number of amides is 2. The normalized spacial score (nSPS) is 13.3. The molecule has 10 heteroatoms. The monoisotopic (exact) mass is 352 g/mol. The van der Waals surface area contributed by atoms with Crippen LogP contribution in [0.15, 0.2) is 0 Å². The van der Waals surface area contributed by atoms with E-state index in [0.29, 0.717) is 0 Å². The molecule has 0 aliphatic heterocycles. The summed E-state index contributed by atoms with van der Waals surface area (Å²) in [4.78, 5) is 24.0. The summed E-state index contributed by atoms with van der Waals surface area (Å²) >= 11 is 0.235. The third kappa shape index (κ3) is 6.12. The second-order valence-corrected chi connectivity index (χ2v) is 6.76. The Hall–Kier alpha value is -1.71. The van der Waals surface area contributed by atoms with Crippen molar-refractivity contribution in [1.82, 2.24) is 15.5 Å². The Kier molecular flexibility index (Phi) is 6.48. The van der Waals surface area contributed by atoms with Crippen molar-refractivity contribution in [3.05, 3.63) is 5.01 Å². The zero-order valence-electron chi connectivity index (χ0n) is 13.2. The summed E-state index contributed by atoms with van der Waals surface area (Å²) in [5, 5.41) is 9.74. The van der Waals surface area contributed by atoms with Crippen molar-refractivity contribution in [1.29, 1.82) is 0 Å². The lowest BCUT2D eigenvalue weighted by Gasteiger charge is -2.21. The standard InChI is InChI=1S/C13H19F3N4O2S/c1-6(2)5-8(21)17-9(7(3)4)10(22)18-12-20-19-11(23-12)13(14,15)16/h6-7,9H,5H2,1-4H3,(H,17,21)(H,18,20,22). The summed E-state index contributed by atoms with van der Waals surface area (Å²) in [6.07, 6.45) is -4.35. The van der Waals surface area contributed by atoms with Gasteiger partial charge in [0.05, 0.1) is 0 Å². The predicted molar refractivity (Wildman–Crippen MR) is 79.8 cm³/mol. The largest absolute Gasteiger partial charge is 0.445 e. The maximum atomic E-state index is 12.5. The minimum atomic E-state index is -4.61. The van der Waals surface area contributed by atoms with Crippen LogP contribution in [-0.4, -0.2) is 28.1 Å². The number of anilines is 1. The molecule has 0 radical (unpaired) electrons. The average Bonchev–Trinajstić information content (AvgIpc) is 2.82. The Morgan fingerprint density at radius 1 is 1.17 bits per heavy atom. The van der Waals surface area contributed by atoms with E-state index in [2.05, 4.69) is 20.8 Å². The number of aromatic nitrogens is 2. The fraction of sp³-hybridized carbons (Fsp3) is 0.692. The van der Waals surface area contributed by atoms with Crippen LogP contribution in [0.5, 0.6) is 0 Å². The summed E-state index contributed by atoms with van der Waals surface area (Å²) in [7, 11) is 0. The molecule has 0 aliphatic rings. The van der Waals surface area contributed by atoms with E-state index in [1.807, 2.05) is 13.8 Å². The highest BCUT2D eigenvalue weighted by Crippen LogP contribution is 2.33. The first-order chi connectivity index (χ1) is 10.5. The van der Waals surface area contributed by atoms with Crippen molar-refractivity contribution in [2.45, 2.75) is 46.3 Å². The second-order valence-electron chi connectivity index (χ2n) is 5.79. The Balaban J connectivity index is 2.75. The van der Waals surface area contributed by atoms with Crippen LogP contribution in [0.4, 0.5) is 18.3 Å². The van der Waals surface area contributed by atoms with Gasteiger partial charge >= 0.3 is 6.18 Å². The van der Waals surface area contributed by atoms with Crippen LogP contribution in [0, 0.1) is 11.8 Å². The van der Waals surface area contributed by atoms with Crippen LogP contribution in [0.1, 0.15) is 39.1 Å². The van der Waals surface area contributed by atoms with Gasteiger partial charge in [0.1, 0.15) is 6.04 Å². The predicted octanol–water partition coefficient (Wildman–Crippen LogP) is 2.68. The lowest BCUT2D eigenvalue weighted by molar-refractivity contribution is -0.138. The Bertz CT molecular complexity index is 558. The molecule has 1 aromatic rings. The van der Waals surface area contributed by atoms with Gasteiger partial charge < -0.3 is 5.32 Å². The first-order valence-corrected chi connectivity index (χ1v) is 7.83. The molecule has 2 N–H and O–H groups in total. The number of carbonyl (C=O) groups excluding carboxylic acids is 2. The summed E-state index contributed by atoms with van der Waals surface area (Å²) in [6, 6.07) is -0.862.